The normalized spacial score (nSPS) is 15.9. The van der Waals surface area contributed by atoms with Gasteiger partial charge in [-0.3, -0.25) is 14.4 Å². The van der Waals surface area contributed by atoms with E-state index in [9.17, 15) is 34.5 Å². The van der Waals surface area contributed by atoms with Gasteiger partial charge >= 0.3 is 5.97 Å². The van der Waals surface area contributed by atoms with Gasteiger partial charge in [0.15, 0.2) is 6.04 Å². The van der Waals surface area contributed by atoms with Crippen molar-refractivity contribution >= 4 is 23.7 Å². The molecule has 1 aromatic rings. The van der Waals surface area contributed by atoms with Crippen molar-refractivity contribution in [2.24, 2.45) is 5.73 Å². The monoisotopic (exact) mass is 430 g/mol. The van der Waals surface area contributed by atoms with Crippen LogP contribution in [-0.2, 0) is 25.6 Å². The Labute approximate surface area is 170 Å². The molecule has 1 rings (SSSR count). The van der Waals surface area contributed by atoms with E-state index in [2.05, 4.69) is 20.6 Å². The van der Waals surface area contributed by atoms with E-state index in [1.165, 1.54) is 12.5 Å². The predicted molar refractivity (Wildman–Crippen MR) is 99.5 cm³/mol. The maximum absolute atomic E-state index is 12.3. The SMILES string of the molecule is CC(O)C(NC(=O)C(CO)NC(=O)C(CO)NC(=O)C(N)Cc1cnc[nH]1)C(=O)O. The number of aliphatic carboxylic acids is 1. The number of imidazole rings is 1. The first kappa shape index (κ1) is 25.0. The standard InChI is InChI=1S/C16H26N6O8/c1-7(25)12(16(29)30)22-15(28)11(5-24)21-14(27)10(4-23)20-13(26)9(17)2-8-3-18-6-19-8/h3,6-7,9-12,23-25H,2,4-5,17H2,1H3,(H,18,19)(H,20,26)(H,21,27)(H,22,28)(H,29,30). The molecule has 0 aromatic carbocycles. The summed E-state index contributed by atoms with van der Waals surface area (Å²) < 4.78 is 0. The first-order valence-corrected chi connectivity index (χ1v) is 8.87. The van der Waals surface area contributed by atoms with Crippen LogP contribution < -0.4 is 21.7 Å². The molecule has 0 aliphatic heterocycles. The van der Waals surface area contributed by atoms with Gasteiger partial charge in [-0.25, -0.2) is 9.78 Å². The summed E-state index contributed by atoms with van der Waals surface area (Å²) in [4.78, 5) is 54.1. The number of amides is 3. The number of carboxylic acids is 1. The van der Waals surface area contributed by atoms with Gasteiger partial charge in [-0.15, -0.1) is 0 Å². The fraction of sp³-hybridized carbons (Fsp3) is 0.562. The third kappa shape index (κ3) is 7.40. The number of aromatic nitrogens is 2. The van der Waals surface area contributed by atoms with Crippen LogP contribution in [0, 0.1) is 0 Å². The number of carboxylic acid groups (broad SMARTS) is 1. The highest BCUT2D eigenvalue weighted by Gasteiger charge is 2.31. The molecular formula is C16H26N6O8. The van der Waals surface area contributed by atoms with Gasteiger partial charge < -0.3 is 47.1 Å². The molecule has 0 aliphatic rings. The average molecular weight is 430 g/mol. The lowest BCUT2D eigenvalue weighted by atomic mass is 10.1. The molecule has 3 amide bonds. The molecule has 1 heterocycles. The molecule has 0 saturated carbocycles. The minimum absolute atomic E-state index is 0.0865. The molecule has 10 N–H and O–H groups in total. The zero-order valence-electron chi connectivity index (χ0n) is 16.1. The van der Waals surface area contributed by atoms with Gasteiger partial charge in [0.25, 0.3) is 0 Å². The van der Waals surface area contributed by atoms with Crippen molar-refractivity contribution in [2.45, 2.75) is 43.6 Å². The van der Waals surface area contributed by atoms with Gasteiger partial charge in [-0.1, -0.05) is 0 Å². The number of hydrogen-bond donors (Lipinski definition) is 9. The molecule has 168 valence electrons. The van der Waals surface area contributed by atoms with Crippen molar-refractivity contribution in [3.05, 3.63) is 18.2 Å². The van der Waals surface area contributed by atoms with Crippen molar-refractivity contribution in [1.29, 1.82) is 0 Å². The van der Waals surface area contributed by atoms with Gasteiger partial charge in [0.05, 0.1) is 31.7 Å². The van der Waals surface area contributed by atoms with E-state index in [1.54, 1.807) is 0 Å². The van der Waals surface area contributed by atoms with Crippen LogP contribution in [0.25, 0.3) is 0 Å². The van der Waals surface area contributed by atoms with E-state index < -0.39 is 67.2 Å². The van der Waals surface area contributed by atoms with Gasteiger partial charge in [0.1, 0.15) is 12.1 Å². The number of rotatable bonds is 12. The second-order valence-electron chi connectivity index (χ2n) is 6.44. The first-order valence-electron chi connectivity index (χ1n) is 8.87. The van der Waals surface area contributed by atoms with Crippen molar-refractivity contribution in [3.63, 3.8) is 0 Å². The quantitative estimate of drug-likeness (QED) is 0.153. The fourth-order valence-electron chi connectivity index (χ4n) is 2.31. The van der Waals surface area contributed by atoms with Crippen LogP contribution in [0.1, 0.15) is 12.6 Å². The number of carbonyl (C=O) groups is 4. The minimum Gasteiger partial charge on any atom is -0.480 e. The second-order valence-corrected chi connectivity index (χ2v) is 6.44. The fourth-order valence-corrected chi connectivity index (χ4v) is 2.31. The van der Waals surface area contributed by atoms with Crippen LogP contribution in [0.4, 0.5) is 0 Å². The highest BCUT2D eigenvalue weighted by Crippen LogP contribution is 1.99. The maximum atomic E-state index is 12.3. The minimum atomic E-state index is -1.67. The number of carbonyl (C=O) groups excluding carboxylic acids is 3. The van der Waals surface area contributed by atoms with Crippen molar-refractivity contribution in [2.75, 3.05) is 13.2 Å². The van der Waals surface area contributed by atoms with Crippen LogP contribution >= 0.6 is 0 Å². The van der Waals surface area contributed by atoms with E-state index in [4.69, 9.17) is 10.8 Å². The third-order valence-electron chi connectivity index (χ3n) is 4.01. The number of aliphatic hydroxyl groups is 3. The second kappa shape index (κ2) is 11.8. The number of aliphatic hydroxyl groups excluding tert-OH is 3. The van der Waals surface area contributed by atoms with Crippen LogP contribution in [0.2, 0.25) is 0 Å². The Balaban J connectivity index is 2.69. The van der Waals surface area contributed by atoms with Gasteiger partial charge in [0, 0.05) is 18.3 Å². The molecule has 14 heteroatoms. The summed E-state index contributed by atoms with van der Waals surface area (Å²) >= 11 is 0. The molecule has 5 atom stereocenters. The lowest BCUT2D eigenvalue weighted by Crippen LogP contribution is -2.60. The van der Waals surface area contributed by atoms with E-state index in [-0.39, 0.29) is 6.42 Å². The molecule has 30 heavy (non-hydrogen) atoms. The number of aromatic amines is 1. The number of nitrogens with zero attached hydrogens (tertiary/aromatic N) is 1. The molecule has 5 unspecified atom stereocenters. The summed E-state index contributed by atoms with van der Waals surface area (Å²) in [5.74, 6) is -4.38. The van der Waals surface area contributed by atoms with Crippen LogP contribution in [-0.4, -0.2) is 97.6 Å². The Morgan fingerprint density at radius 2 is 1.60 bits per heavy atom. The number of nitrogens with one attached hydrogen (secondary N) is 4. The van der Waals surface area contributed by atoms with E-state index >= 15 is 0 Å². The number of hydrogen-bond acceptors (Lipinski definition) is 9. The Morgan fingerprint density at radius 1 is 1.07 bits per heavy atom. The number of nitrogens with two attached hydrogens (primary N) is 1. The third-order valence-corrected chi connectivity index (χ3v) is 4.01. The van der Waals surface area contributed by atoms with Crippen LogP contribution in [0.15, 0.2) is 12.5 Å². The highest BCUT2D eigenvalue weighted by molar-refractivity contribution is 5.94. The smallest absolute Gasteiger partial charge is 0.328 e. The number of H-pyrrole nitrogens is 1. The van der Waals surface area contributed by atoms with Gasteiger partial charge in [-0.05, 0) is 6.92 Å². The zero-order valence-corrected chi connectivity index (χ0v) is 16.1. The van der Waals surface area contributed by atoms with Crippen molar-refractivity contribution < 1.29 is 39.6 Å². The summed E-state index contributed by atoms with van der Waals surface area (Å²) in [6.07, 6.45) is 1.51. The van der Waals surface area contributed by atoms with Gasteiger partial charge in [0.2, 0.25) is 17.7 Å². The lowest BCUT2D eigenvalue weighted by Gasteiger charge is -2.24. The predicted octanol–water partition coefficient (Wildman–Crippen LogP) is -4.82. The lowest BCUT2D eigenvalue weighted by molar-refractivity contribution is -0.145. The summed E-state index contributed by atoms with van der Waals surface area (Å²) in [6, 6.07) is -5.81. The summed E-state index contributed by atoms with van der Waals surface area (Å²) in [6.45, 7) is -0.607. The van der Waals surface area contributed by atoms with Crippen molar-refractivity contribution in [1.82, 2.24) is 25.9 Å². The summed E-state index contributed by atoms with van der Waals surface area (Å²) in [7, 11) is 0. The molecular weight excluding hydrogens is 404 g/mol. The molecule has 0 radical (unpaired) electrons. The van der Waals surface area contributed by atoms with Gasteiger partial charge in [-0.2, -0.15) is 0 Å². The van der Waals surface area contributed by atoms with Crippen LogP contribution in [0.5, 0.6) is 0 Å². The van der Waals surface area contributed by atoms with Crippen molar-refractivity contribution in [3.8, 4) is 0 Å². The molecule has 1 aromatic heterocycles. The largest absolute Gasteiger partial charge is 0.480 e. The molecule has 0 saturated heterocycles. The molecule has 0 bridgehead atoms. The Hall–Kier alpha value is -3.07. The molecule has 14 nitrogen and oxygen atoms in total. The topological polar surface area (TPSA) is 240 Å². The van der Waals surface area contributed by atoms with Crippen LogP contribution in [0.3, 0.4) is 0 Å². The Bertz CT molecular complexity index is 725. The molecule has 0 fully saturated rings. The van der Waals surface area contributed by atoms with E-state index in [0.29, 0.717) is 5.69 Å². The Morgan fingerprint density at radius 3 is 2.03 bits per heavy atom. The maximum Gasteiger partial charge on any atom is 0.328 e. The van der Waals surface area contributed by atoms with E-state index in [0.717, 1.165) is 6.92 Å². The zero-order chi connectivity index (χ0) is 22.8. The summed E-state index contributed by atoms with van der Waals surface area (Å²) in [5, 5.41) is 43.4. The molecule has 0 aliphatic carbocycles. The highest BCUT2D eigenvalue weighted by atomic mass is 16.4. The van der Waals surface area contributed by atoms with E-state index in [1.807, 2.05) is 5.32 Å². The summed E-state index contributed by atoms with van der Waals surface area (Å²) in [5.41, 5.74) is 6.32. The Kier molecular flexibility index (Phi) is 9.83. The average Bonchev–Trinajstić information content (AvgIpc) is 3.19. The first-order chi connectivity index (χ1) is 14.1. The molecule has 0 spiro atoms.